The standard InChI is InChI=1S/C26H22N6/c1-16-3-2-4-23(30-16)26-31-24(22-8-10-29-25(22)32-26)21-12-20(14-28-15-21)17-5-6-19-13-27-9-7-18(19)11-17/h2-6,8,10-12,14-15,27H,7,9,13H2,1H3,(H,29,31,32). The number of hydrogen-bond donors (Lipinski definition) is 2. The second kappa shape index (κ2) is 7.66. The van der Waals surface area contributed by atoms with Crippen molar-refractivity contribution in [2.45, 2.75) is 19.9 Å². The molecular weight excluding hydrogens is 396 g/mol. The summed E-state index contributed by atoms with van der Waals surface area (Å²) in [5, 5.41) is 4.40. The van der Waals surface area contributed by atoms with E-state index in [-0.39, 0.29) is 0 Å². The maximum atomic E-state index is 4.92. The number of aromatic nitrogens is 5. The second-order valence-corrected chi connectivity index (χ2v) is 8.17. The highest BCUT2D eigenvalue weighted by atomic mass is 15.0. The molecule has 6 heteroatoms. The van der Waals surface area contributed by atoms with Gasteiger partial charge in [-0.3, -0.25) is 4.98 Å². The molecule has 0 aliphatic carbocycles. The molecule has 0 atom stereocenters. The monoisotopic (exact) mass is 418 g/mol. The molecule has 0 bridgehead atoms. The Kier molecular flexibility index (Phi) is 4.51. The van der Waals surface area contributed by atoms with Crippen molar-refractivity contribution in [3.05, 3.63) is 83.9 Å². The van der Waals surface area contributed by atoms with Crippen LogP contribution in [0, 0.1) is 6.92 Å². The van der Waals surface area contributed by atoms with Crippen molar-refractivity contribution in [2.24, 2.45) is 0 Å². The molecule has 0 fully saturated rings. The van der Waals surface area contributed by atoms with Gasteiger partial charge < -0.3 is 10.3 Å². The molecule has 0 radical (unpaired) electrons. The number of hydrogen-bond acceptors (Lipinski definition) is 5. The van der Waals surface area contributed by atoms with Crippen LogP contribution in [-0.2, 0) is 13.0 Å². The third kappa shape index (κ3) is 3.35. The van der Waals surface area contributed by atoms with Gasteiger partial charge in [-0.15, -0.1) is 0 Å². The number of nitrogens with zero attached hydrogens (tertiary/aromatic N) is 4. The molecule has 32 heavy (non-hydrogen) atoms. The van der Waals surface area contributed by atoms with Crippen molar-refractivity contribution < 1.29 is 0 Å². The van der Waals surface area contributed by atoms with E-state index in [1.54, 1.807) is 0 Å². The van der Waals surface area contributed by atoms with E-state index in [1.807, 2.05) is 49.8 Å². The fourth-order valence-electron chi connectivity index (χ4n) is 4.33. The molecule has 0 saturated carbocycles. The minimum atomic E-state index is 0.602. The molecule has 6 rings (SSSR count). The SMILES string of the molecule is Cc1cccc(-c2nc(-c3cncc(-c4ccc5c(c4)CCNC5)c3)c3cc[nH]c3n2)n1. The third-order valence-electron chi connectivity index (χ3n) is 5.97. The first-order valence-electron chi connectivity index (χ1n) is 10.8. The molecule has 1 aliphatic rings. The molecule has 6 nitrogen and oxygen atoms in total. The summed E-state index contributed by atoms with van der Waals surface area (Å²) in [6.45, 7) is 3.94. The number of fused-ring (bicyclic) bond motifs is 2. The lowest BCUT2D eigenvalue weighted by Crippen LogP contribution is -2.23. The van der Waals surface area contributed by atoms with Gasteiger partial charge in [-0.1, -0.05) is 24.3 Å². The van der Waals surface area contributed by atoms with Gasteiger partial charge in [0.2, 0.25) is 0 Å². The van der Waals surface area contributed by atoms with Gasteiger partial charge in [-0.05, 0) is 60.8 Å². The summed E-state index contributed by atoms with van der Waals surface area (Å²) in [5.41, 5.74) is 9.36. The van der Waals surface area contributed by atoms with Crippen LogP contribution in [0.4, 0.5) is 0 Å². The van der Waals surface area contributed by atoms with Crippen LogP contribution in [0.15, 0.2) is 67.1 Å². The quantitative estimate of drug-likeness (QED) is 0.444. The average molecular weight is 419 g/mol. The van der Waals surface area contributed by atoms with E-state index in [0.29, 0.717) is 5.82 Å². The zero-order valence-electron chi connectivity index (χ0n) is 17.8. The summed E-state index contributed by atoms with van der Waals surface area (Å²) in [4.78, 5) is 22.0. The molecule has 5 aromatic rings. The van der Waals surface area contributed by atoms with E-state index in [4.69, 9.17) is 9.97 Å². The Labute approximate surface area is 185 Å². The molecule has 1 aromatic carbocycles. The molecule has 5 heterocycles. The number of aromatic amines is 1. The highest BCUT2D eigenvalue weighted by Crippen LogP contribution is 2.31. The maximum absolute atomic E-state index is 4.92. The average Bonchev–Trinajstić information content (AvgIpc) is 3.32. The summed E-state index contributed by atoms with van der Waals surface area (Å²) < 4.78 is 0. The van der Waals surface area contributed by atoms with Crippen LogP contribution in [-0.4, -0.2) is 31.5 Å². The highest BCUT2D eigenvalue weighted by molar-refractivity contribution is 5.92. The van der Waals surface area contributed by atoms with Gasteiger partial charge in [0.05, 0.1) is 5.69 Å². The lowest BCUT2D eigenvalue weighted by atomic mass is 9.95. The minimum Gasteiger partial charge on any atom is -0.346 e. The lowest BCUT2D eigenvalue weighted by molar-refractivity contribution is 0.644. The number of aryl methyl sites for hydroxylation is 1. The largest absolute Gasteiger partial charge is 0.346 e. The topological polar surface area (TPSA) is 79.4 Å². The van der Waals surface area contributed by atoms with E-state index < -0.39 is 0 Å². The maximum Gasteiger partial charge on any atom is 0.180 e. The van der Waals surface area contributed by atoms with Gasteiger partial charge in [-0.2, -0.15) is 0 Å². The molecular formula is C26H22N6. The lowest BCUT2D eigenvalue weighted by Gasteiger charge is -2.18. The number of pyridine rings is 2. The van der Waals surface area contributed by atoms with Crippen molar-refractivity contribution in [3.63, 3.8) is 0 Å². The Morgan fingerprint density at radius 3 is 2.72 bits per heavy atom. The van der Waals surface area contributed by atoms with E-state index in [1.165, 1.54) is 16.7 Å². The van der Waals surface area contributed by atoms with Crippen LogP contribution in [0.1, 0.15) is 16.8 Å². The van der Waals surface area contributed by atoms with E-state index >= 15 is 0 Å². The first-order chi connectivity index (χ1) is 15.7. The Balaban J connectivity index is 1.48. The van der Waals surface area contributed by atoms with E-state index in [2.05, 4.69) is 44.5 Å². The van der Waals surface area contributed by atoms with Crippen LogP contribution in [0.3, 0.4) is 0 Å². The van der Waals surface area contributed by atoms with Crippen molar-refractivity contribution >= 4 is 11.0 Å². The van der Waals surface area contributed by atoms with Gasteiger partial charge in [0.1, 0.15) is 11.3 Å². The van der Waals surface area contributed by atoms with Crippen molar-refractivity contribution in [1.82, 2.24) is 30.2 Å². The zero-order chi connectivity index (χ0) is 21.5. The molecule has 1 aliphatic heterocycles. The van der Waals surface area contributed by atoms with Crippen molar-refractivity contribution in [2.75, 3.05) is 6.54 Å². The molecule has 156 valence electrons. The van der Waals surface area contributed by atoms with Gasteiger partial charge in [0.15, 0.2) is 5.82 Å². The van der Waals surface area contributed by atoms with Crippen molar-refractivity contribution in [1.29, 1.82) is 0 Å². The molecule has 0 unspecified atom stereocenters. The predicted molar refractivity (Wildman–Crippen MR) is 126 cm³/mol. The number of nitrogens with one attached hydrogen (secondary N) is 2. The van der Waals surface area contributed by atoms with Crippen LogP contribution in [0.25, 0.3) is 44.9 Å². The third-order valence-corrected chi connectivity index (χ3v) is 5.97. The second-order valence-electron chi connectivity index (χ2n) is 8.17. The van der Waals surface area contributed by atoms with Crippen LogP contribution >= 0.6 is 0 Å². The molecule has 0 spiro atoms. The highest BCUT2D eigenvalue weighted by Gasteiger charge is 2.15. The van der Waals surface area contributed by atoms with Crippen LogP contribution in [0.5, 0.6) is 0 Å². The van der Waals surface area contributed by atoms with Crippen LogP contribution < -0.4 is 5.32 Å². The molecule has 0 amide bonds. The normalized spacial score (nSPS) is 13.3. The summed E-state index contributed by atoms with van der Waals surface area (Å²) in [7, 11) is 0. The molecule has 4 aromatic heterocycles. The summed E-state index contributed by atoms with van der Waals surface area (Å²) in [5.74, 6) is 0.602. The fraction of sp³-hybridized carbons (Fsp3) is 0.154. The van der Waals surface area contributed by atoms with Gasteiger partial charge in [0.25, 0.3) is 0 Å². The Morgan fingerprint density at radius 2 is 1.78 bits per heavy atom. The minimum absolute atomic E-state index is 0.602. The fourth-order valence-corrected chi connectivity index (χ4v) is 4.33. The van der Waals surface area contributed by atoms with Gasteiger partial charge in [-0.25, -0.2) is 15.0 Å². The first kappa shape index (κ1) is 18.8. The van der Waals surface area contributed by atoms with Gasteiger partial charge >= 0.3 is 0 Å². The summed E-state index contributed by atoms with van der Waals surface area (Å²) >= 11 is 0. The van der Waals surface area contributed by atoms with Crippen molar-refractivity contribution in [3.8, 4) is 33.9 Å². The van der Waals surface area contributed by atoms with Gasteiger partial charge in [0, 0.05) is 47.3 Å². The smallest absolute Gasteiger partial charge is 0.180 e. The summed E-state index contributed by atoms with van der Waals surface area (Å²) in [6, 6.07) is 16.8. The molecule has 0 saturated heterocycles. The summed E-state index contributed by atoms with van der Waals surface area (Å²) in [6.07, 6.45) is 6.74. The zero-order valence-corrected chi connectivity index (χ0v) is 17.8. The van der Waals surface area contributed by atoms with Crippen LogP contribution in [0.2, 0.25) is 0 Å². The number of H-pyrrole nitrogens is 1. The number of benzene rings is 1. The van der Waals surface area contributed by atoms with E-state index in [9.17, 15) is 0 Å². The Morgan fingerprint density at radius 1 is 0.844 bits per heavy atom. The predicted octanol–water partition coefficient (Wildman–Crippen LogP) is 4.70. The Bertz CT molecular complexity index is 1450. The Hall–Kier alpha value is -3.90. The van der Waals surface area contributed by atoms with E-state index in [0.717, 1.165) is 58.8 Å². The number of rotatable bonds is 3. The molecule has 2 N–H and O–H groups in total. The first-order valence-corrected chi connectivity index (χ1v) is 10.8.